The summed E-state index contributed by atoms with van der Waals surface area (Å²) in [5.41, 5.74) is 0. The quantitative estimate of drug-likeness (QED) is 0.787. The maximum atomic E-state index is 12.4. The van der Waals surface area contributed by atoms with Crippen molar-refractivity contribution in [1.29, 1.82) is 0 Å². The minimum absolute atomic E-state index is 0.0223. The lowest BCUT2D eigenvalue weighted by Gasteiger charge is -2.18. The Morgan fingerprint density at radius 2 is 1.86 bits per heavy atom. The number of sulfonamides is 1. The van der Waals surface area contributed by atoms with Gasteiger partial charge in [-0.15, -0.1) is 0 Å². The lowest BCUT2D eigenvalue weighted by molar-refractivity contribution is -0.121. The molecular formula is C15H24N2O4S. The van der Waals surface area contributed by atoms with Gasteiger partial charge in [0.15, 0.2) is 0 Å². The van der Waals surface area contributed by atoms with Crippen LogP contribution >= 0.6 is 0 Å². The standard InChI is InChI=1S/C15H24N2O4S/c1-5-12(3)16-15(18)11-17(4)22(19,20)14-9-7-13(8-10-14)21-6-2/h7-10,12H,5-6,11H2,1-4H3,(H,16,18)/t12-/m0/s1. The molecule has 124 valence electrons. The topological polar surface area (TPSA) is 75.7 Å². The number of hydrogen-bond acceptors (Lipinski definition) is 4. The molecule has 0 fully saturated rings. The van der Waals surface area contributed by atoms with Gasteiger partial charge in [-0.1, -0.05) is 6.92 Å². The van der Waals surface area contributed by atoms with Crippen molar-refractivity contribution in [3.8, 4) is 5.75 Å². The van der Waals surface area contributed by atoms with Gasteiger partial charge in [-0.05, 0) is 44.5 Å². The van der Waals surface area contributed by atoms with Crippen LogP contribution in [0.3, 0.4) is 0 Å². The number of nitrogens with one attached hydrogen (secondary N) is 1. The van der Waals surface area contributed by atoms with Gasteiger partial charge in [0, 0.05) is 13.1 Å². The molecule has 0 saturated heterocycles. The highest BCUT2D eigenvalue weighted by Gasteiger charge is 2.23. The molecular weight excluding hydrogens is 304 g/mol. The first kappa shape index (κ1) is 18.4. The van der Waals surface area contributed by atoms with Gasteiger partial charge in [-0.25, -0.2) is 8.42 Å². The summed E-state index contributed by atoms with van der Waals surface area (Å²) >= 11 is 0. The van der Waals surface area contributed by atoms with E-state index in [-0.39, 0.29) is 23.4 Å². The van der Waals surface area contributed by atoms with Crippen LogP contribution < -0.4 is 10.1 Å². The van der Waals surface area contributed by atoms with Crippen LogP contribution in [0, 0.1) is 0 Å². The number of benzene rings is 1. The zero-order chi connectivity index (χ0) is 16.8. The second-order valence-electron chi connectivity index (χ2n) is 5.04. The summed E-state index contributed by atoms with van der Waals surface area (Å²) in [4.78, 5) is 11.9. The number of nitrogens with zero attached hydrogens (tertiary/aromatic N) is 1. The second-order valence-corrected chi connectivity index (χ2v) is 7.09. The van der Waals surface area contributed by atoms with Gasteiger partial charge in [0.2, 0.25) is 15.9 Å². The molecule has 0 aliphatic rings. The second kappa shape index (κ2) is 8.14. The Kier molecular flexibility index (Phi) is 6.83. The summed E-state index contributed by atoms with van der Waals surface area (Å²) in [6, 6.07) is 6.17. The number of hydrogen-bond donors (Lipinski definition) is 1. The minimum Gasteiger partial charge on any atom is -0.494 e. The van der Waals surface area contributed by atoms with E-state index in [4.69, 9.17) is 4.74 Å². The van der Waals surface area contributed by atoms with Gasteiger partial charge in [0.25, 0.3) is 0 Å². The third kappa shape index (κ3) is 4.99. The molecule has 0 aliphatic carbocycles. The Bertz CT molecular complexity index is 584. The Morgan fingerprint density at radius 3 is 2.36 bits per heavy atom. The number of rotatable bonds is 8. The van der Waals surface area contributed by atoms with Crippen molar-refractivity contribution >= 4 is 15.9 Å². The summed E-state index contributed by atoms with van der Waals surface area (Å²) in [7, 11) is -2.30. The van der Waals surface area contributed by atoms with Crippen molar-refractivity contribution in [2.24, 2.45) is 0 Å². The first-order chi connectivity index (χ1) is 10.3. The van der Waals surface area contributed by atoms with Crippen LogP contribution in [0.1, 0.15) is 27.2 Å². The van der Waals surface area contributed by atoms with E-state index in [9.17, 15) is 13.2 Å². The SMILES string of the molecule is CCOc1ccc(S(=O)(=O)N(C)CC(=O)N[C@@H](C)CC)cc1. The van der Waals surface area contributed by atoms with E-state index in [1.54, 1.807) is 12.1 Å². The van der Waals surface area contributed by atoms with E-state index in [1.165, 1.54) is 19.2 Å². The summed E-state index contributed by atoms with van der Waals surface area (Å²) in [6.07, 6.45) is 0.793. The van der Waals surface area contributed by atoms with Crippen molar-refractivity contribution in [2.75, 3.05) is 20.2 Å². The molecule has 0 heterocycles. The van der Waals surface area contributed by atoms with Crippen LogP contribution in [0.25, 0.3) is 0 Å². The molecule has 6 nitrogen and oxygen atoms in total. The lowest BCUT2D eigenvalue weighted by Crippen LogP contribution is -2.41. The van der Waals surface area contributed by atoms with Crippen molar-refractivity contribution in [3.05, 3.63) is 24.3 Å². The van der Waals surface area contributed by atoms with Gasteiger partial charge < -0.3 is 10.1 Å². The summed E-state index contributed by atoms with van der Waals surface area (Å²) in [5, 5.41) is 2.74. The van der Waals surface area contributed by atoms with E-state index in [0.717, 1.165) is 10.7 Å². The van der Waals surface area contributed by atoms with Crippen molar-refractivity contribution < 1.29 is 17.9 Å². The maximum absolute atomic E-state index is 12.4. The molecule has 1 aromatic rings. The number of carbonyl (C=O) groups excluding carboxylic acids is 1. The molecule has 1 rings (SSSR count). The third-order valence-corrected chi connectivity index (χ3v) is 5.05. The lowest BCUT2D eigenvalue weighted by atomic mass is 10.2. The smallest absolute Gasteiger partial charge is 0.243 e. The van der Waals surface area contributed by atoms with E-state index < -0.39 is 10.0 Å². The monoisotopic (exact) mass is 328 g/mol. The fourth-order valence-electron chi connectivity index (χ4n) is 1.76. The van der Waals surface area contributed by atoms with E-state index in [2.05, 4.69) is 5.32 Å². The van der Waals surface area contributed by atoms with Crippen LogP contribution in [-0.2, 0) is 14.8 Å². The minimum atomic E-state index is -3.69. The van der Waals surface area contributed by atoms with Gasteiger partial charge in [-0.2, -0.15) is 4.31 Å². The van der Waals surface area contributed by atoms with Crippen molar-refractivity contribution in [1.82, 2.24) is 9.62 Å². The largest absolute Gasteiger partial charge is 0.494 e. The number of carbonyl (C=O) groups is 1. The van der Waals surface area contributed by atoms with Crippen LogP contribution in [-0.4, -0.2) is 44.9 Å². The van der Waals surface area contributed by atoms with Gasteiger partial charge in [-0.3, -0.25) is 4.79 Å². The molecule has 0 aromatic heterocycles. The molecule has 1 N–H and O–H groups in total. The Balaban J connectivity index is 2.78. The number of ether oxygens (including phenoxy) is 1. The normalized spacial score (nSPS) is 13.0. The molecule has 0 unspecified atom stereocenters. The maximum Gasteiger partial charge on any atom is 0.243 e. The molecule has 0 aliphatic heterocycles. The Labute approximate surface area is 132 Å². The predicted molar refractivity (Wildman–Crippen MR) is 85.3 cm³/mol. The summed E-state index contributed by atoms with van der Waals surface area (Å²) in [6.45, 7) is 5.99. The fourth-order valence-corrected chi connectivity index (χ4v) is 2.89. The molecule has 0 saturated carbocycles. The molecule has 0 bridgehead atoms. The van der Waals surface area contributed by atoms with Crippen LogP contribution in [0.2, 0.25) is 0 Å². The Hall–Kier alpha value is -1.60. The van der Waals surface area contributed by atoms with Crippen LogP contribution in [0.15, 0.2) is 29.2 Å². The number of amides is 1. The zero-order valence-corrected chi connectivity index (χ0v) is 14.3. The number of likely N-dealkylation sites (N-methyl/N-ethyl adjacent to an activating group) is 1. The average Bonchev–Trinajstić information content (AvgIpc) is 2.47. The van der Waals surface area contributed by atoms with Crippen LogP contribution in [0.4, 0.5) is 0 Å². The predicted octanol–water partition coefficient (Wildman–Crippen LogP) is 1.62. The molecule has 1 aromatic carbocycles. The van der Waals surface area contributed by atoms with Gasteiger partial charge in [0.1, 0.15) is 5.75 Å². The molecule has 7 heteroatoms. The highest BCUT2D eigenvalue weighted by atomic mass is 32.2. The van der Waals surface area contributed by atoms with Crippen molar-refractivity contribution in [3.63, 3.8) is 0 Å². The third-order valence-electron chi connectivity index (χ3n) is 3.23. The van der Waals surface area contributed by atoms with E-state index in [1.807, 2.05) is 20.8 Å². The van der Waals surface area contributed by atoms with E-state index >= 15 is 0 Å². The first-order valence-electron chi connectivity index (χ1n) is 7.29. The molecule has 1 atom stereocenters. The first-order valence-corrected chi connectivity index (χ1v) is 8.73. The molecule has 22 heavy (non-hydrogen) atoms. The molecule has 0 radical (unpaired) electrons. The van der Waals surface area contributed by atoms with E-state index in [0.29, 0.717) is 12.4 Å². The highest BCUT2D eigenvalue weighted by molar-refractivity contribution is 7.89. The van der Waals surface area contributed by atoms with Gasteiger partial charge >= 0.3 is 0 Å². The average molecular weight is 328 g/mol. The van der Waals surface area contributed by atoms with Gasteiger partial charge in [0.05, 0.1) is 18.0 Å². The fraction of sp³-hybridized carbons (Fsp3) is 0.533. The van der Waals surface area contributed by atoms with Crippen LogP contribution in [0.5, 0.6) is 5.75 Å². The zero-order valence-electron chi connectivity index (χ0n) is 13.5. The summed E-state index contributed by atoms with van der Waals surface area (Å²) < 4.78 is 31.1. The molecule has 0 spiro atoms. The Morgan fingerprint density at radius 1 is 1.27 bits per heavy atom. The van der Waals surface area contributed by atoms with Crippen molar-refractivity contribution in [2.45, 2.75) is 38.1 Å². The molecule has 1 amide bonds. The highest BCUT2D eigenvalue weighted by Crippen LogP contribution is 2.18. The summed E-state index contributed by atoms with van der Waals surface area (Å²) in [5.74, 6) is 0.296.